The third-order valence-electron chi connectivity index (χ3n) is 9.01. The van der Waals surface area contributed by atoms with Crippen LogP contribution in [0.15, 0.2) is 47.6 Å². The molecule has 1 aliphatic carbocycles. The average molecular weight is 730 g/mol. The number of unbranched alkanes of at least 4 members (excludes halogenated alkanes) is 1. The summed E-state index contributed by atoms with van der Waals surface area (Å²) >= 11 is 6.30. The highest BCUT2D eigenvalue weighted by atomic mass is 35.5. The van der Waals surface area contributed by atoms with Crippen LogP contribution in [-0.2, 0) is 14.8 Å². The number of ether oxygens (including phenoxy) is 2. The van der Waals surface area contributed by atoms with E-state index < -0.39 is 21.5 Å². The maximum Gasteiger partial charge on any atom is 0.410 e. The molecule has 15 heteroatoms. The second-order valence-electron chi connectivity index (χ2n) is 14.8. The zero-order chi connectivity index (χ0) is 36.1. The Balaban J connectivity index is 1.06. The zero-order valence-electron chi connectivity index (χ0n) is 29.4. The van der Waals surface area contributed by atoms with Gasteiger partial charge in [-0.25, -0.2) is 32.6 Å². The largest absolute Gasteiger partial charge is 0.476 e. The van der Waals surface area contributed by atoms with Crippen molar-refractivity contribution in [3.05, 3.63) is 53.4 Å². The van der Waals surface area contributed by atoms with Gasteiger partial charge in [0.2, 0.25) is 5.88 Å². The predicted molar refractivity (Wildman–Crippen MR) is 190 cm³/mol. The van der Waals surface area contributed by atoms with Crippen molar-refractivity contribution in [2.75, 3.05) is 25.0 Å². The lowest BCUT2D eigenvalue weighted by Crippen LogP contribution is -2.45. The van der Waals surface area contributed by atoms with Crippen LogP contribution in [0.5, 0.6) is 5.88 Å². The monoisotopic (exact) mass is 729 g/mol. The summed E-state index contributed by atoms with van der Waals surface area (Å²) in [6.07, 6.45) is 11.1. The van der Waals surface area contributed by atoms with Crippen LogP contribution in [0.2, 0.25) is 5.15 Å². The molecule has 1 aliphatic heterocycles. The zero-order valence-corrected chi connectivity index (χ0v) is 31.0. The van der Waals surface area contributed by atoms with Gasteiger partial charge in [0, 0.05) is 37.1 Å². The molecule has 2 N–H and O–H groups in total. The summed E-state index contributed by atoms with van der Waals surface area (Å²) in [7, 11) is -4.23. The molecule has 2 aliphatic rings. The average Bonchev–Trinajstić information content (AvgIpc) is 3.79. The minimum Gasteiger partial charge on any atom is -0.476 e. The highest BCUT2D eigenvalue weighted by molar-refractivity contribution is 7.90. The Morgan fingerprint density at radius 3 is 2.50 bits per heavy atom. The third kappa shape index (κ3) is 9.87. The van der Waals surface area contributed by atoms with Crippen LogP contribution >= 0.6 is 11.6 Å². The fourth-order valence-corrected chi connectivity index (χ4v) is 7.63. The van der Waals surface area contributed by atoms with Crippen molar-refractivity contribution >= 4 is 39.4 Å². The van der Waals surface area contributed by atoms with E-state index in [2.05, 4.69) is 34.2 Å². The van der Waals surface area contributed by atoms with Crippen LogP contribution < -0.4 is 14.8 Å². The number of hydrogen-bond acceptors (Lipinski definition) is 10. The Labute approximate surface area is 299 Å². The predicted octanol–water partition coefficient (Wildman–Crippen LogP) is 6.62. The van der Waals surface area contributed by atoms with Gasteiger partial charge in [0.15, 0.2) is 5.82 Å². The lowest BCUT2D eigenvalue weighted by molar-refractivity contribution is 0.0130. The number of amides is 2. The van der Waals surface area contributed by atoms with Crippen molar-refractivity contribution < 1.29 is 27.5 Å². The second kappa shape index (κ2) is 15.5. The van der Waals surface area contributed by atoms with E-state index in [-0.39, 0.29) is 27.2 Å². The molecule has 1 atom stereocenters. The summed E-state index contributed by atoms with van der Waals surface area (Å²) in [5, 5.41) is 7.42. The number of pyridine rings is 2. The lowest BCUT2D eigenvalue weighted by atomic mass is 9.93. The normalized spacial score (nSPS) is 17.9. The number of anilines is 1. The third-order valence-corrected chi connectivity index (χ3v) is 10.6. The van der Waals surface area contributed by atoms with Crippen molar-refractivity contribution in [2.24, 2.45) is 11.8 Å². The van der Waals surface area contributed by atoms with E-state index in [1.165, 1.54) is 41.9 Å². The summed E-state index contributed by atoms with van der Waals surface area (Å²) in [4.78, 5) is 35.7. The summed E-state index contributed by atoms with van der Waals surface area (Å²) in [6, 6.07) is 7.58. The van der Waals surface area contributed by atoms with Gasteiger partial charge in [-0.05, 0) is 103 Å². The molecule has 0 radical (unpaired) electrons. The Bertz CT molecular complexity index is 1750. The van der Waals surface area contributed by atoms with E-state index in [4.69, 9.17) is 21.1 Å². The molecule has 2 amide bonds. The minimum absolute atomic E-state index is 0.103. The van der Waals surface area contributed by atoms with Crippen molar-refractivity contribution in [1.82, 2.24) is 29.4 Å². The molecule has 50 heavy (non-hydrogen) atoms. The number of carbonyl (C=O) groups is 2. The second-order valence-corrected chi connectivity index (χ2v) is 16.8. The molecule has 4 heterocycles. The lowest BCUT2D eigenvalue weighted by Gasteiger charge is -2.33. The molecule has 5 rings (SSSR count). The van der Waals surface area contributed by atoms with Crippen LogP contribution in [0, 0.1) is 11.8 Å². The molecule has 3 aromatic rings. The fraction of sp³-hybridized carbons (Fsp3) is 0.571. The number of likely N-dealkylation sites (tertiary alicyclic amines) is 1. The van der Waals surface area contributed by atoms with Crippen molar-refractivity contribution in [1.29, 1.82) is 0 Å². The molecule has 0 spiro atoms. The van der Waals surface area contributed by atoms with Gasteiger partial charge < -0.3 is 19.7 Å². The van der Waals surface area contributed by atoms with E-state index in [1.54, 1.807) is 18.3 Å². The Kier molecular flexibility index (Phi) is 11.6. The number of halogens is 1. The molecular weight excluding hydrogens is 682 g/mol. The first-order valence-corrected chi connectivity index (χ1v) is 19.1. The van der Waals surface area contributed by atoms with Crippen LogP contribution in [-0.4, -0.2) is 75.9 Å². The van der Waals surface area contributed by atoms with Crippen molar-refractivity contribution in [2.45, 2.75) is 102 Å². The van der Waals surface area contributed by atoms with E-state index in [1.807, 2.05) is 30.4 Å². The molecule has 13 nitrogen and oxygen atoms in total. The molecule has 0 aromatic carbocycles. The van der Waals surface area contributed by atoms with Crippen LogP contribution in [0.3, 0.4) is 0 Å². The number of carbonyl (C=O) groups excluding carboxylic acids is 2. The number of sulfonamides is 1. The smallest absolute Gasteiger partial charge is 0.410 e. The maximum atomic E-state index is 13.0. The van der Waals surface area contributed by atoms with Crippen LogP contribution in [0.4, 0.5) is 10.6 Å². The Hall–Kier alpha value is -3.91. The van der Waals surface area contributed by atoms with Gasteiger partial charge >= 0.3 is 6.09 Å². The molecule has 0 bridgehead atoms. The molecule has 1 unspecified atom stereocenters. The number of nitrogens with zero attached hydrogens (tertiary/aromatic N) is 5. The van der Waals surface area contributed by atoms with Crippen molar-refractivity contribution in [3.63, 3.8) is 0 Å². The number of hydrogen-bond donors (Lipinski definition) is 2. The Morgan fingerprint density at radius 1 is 1.06 bits per heavy atom. The molecule has 1 saturated heterocycles. The highest BCUT2D eigenvalue weighted by Gasteiger charge is 2.42. The maximum absolute atomic E-state index is 13.0. The van der Waals surface area contributed by atoms with E-state index in [0.717, 1.165) is 38.5 Å². The standard InChI is InChI=1S/C35H48ClN7O6S/c1-34(2,3)49-33(45)42-22-25(20-35(42,4)5)12-8-9-18-37-28-15-13-26(21-38-28)50(46,47)41-32(44)27-14-16-29(39-31(27)36)43-19-17-30(40-43)48-23-24-10-6-7-11-24/h13-17,19,21,24-25H,6-12,18,20,22-23H2,1-5H3,(H,37,38)(H,41,44). The van der Waals surface area contributed by atoms with Gasteiger partial charge in [0.1, 0.15) is 21.5 Å². The molecule has 1 saturated carbocycles. The van der Waals surface area contributed by atoms with E-state index in [9.17, 15) is 18.0 Å². The summed E-state index contributed by atoms with van der Waals surface area (Å²) in [5.41, 5.74) is -0.884. The quantitative estimate of drug-likeness (QED) is 0.145. The van der Waals surface area contributed by atoms with Gasteiger partial charge in [0.05, 0.1) is 12.2 Å². The number of aromatic nitrogens is 4. The van der Waals surface area contributed by atoms with Gasteiger partial charge in [-0.2, -0.15) is 0 Å². The molecular formula is C35H48ClN7O6S. The highest BCUT2D eigenvalue weighted by Crippen LogP contribution is 2.36. The van der Waals surface area contributed by atoms with Crippen LogP contribution in [0.25, 0.3) is 5.82 Å². The van der Waals surface area contributed by atoms with Crippen molar-refractivity contribution in [3.8, 4) is 11.7 Å². The van der Waals surface area contributed by atoms with Crippen LogP contribution in [0.1, 0.15) is 96.3 Å². The van der Waals surface area contributed by atoms with E-state index >= 15 is 0 Å². The SMILES string of the molecule is CC(C)(C)OC(=O)N1CC(CCCCNc2ccc(S(=O)(=O)NC(=O)c3ccc(-n4ccc(OCC5CCCC5)n4)nc3Cl)cn2)CC1(C)C. The summed E-state index contributed by atoms with van der Waals surface area (Å²) in [5.74, 6) is 1.36. The Morgan fingerprint density at radius 2 is 1.82 bits per heavy atom. The van der Waals surface area contributed by atoms with Gasteiger partial charge in [-0.15, -0.1) is 5.10 Å². The van der Waals surface area contributed by atoms with Gasteiger partial charge in [-0.1, -0.05) is 30.9 Å². The van der Waals surface area contributed by atoms with E-state index in [0.29, 0.717) is 49.0 Å². The summed E-state index contributed by atoms with van der Waals surface area (Å²) < 4.78 is 40.9. The molecule has 3 aromatic heterocycles. The summed E-state index contributed by atoms with van der Waals surface area (Å²) in [6.45, 7) is 11.7. The van der Waals surface area contributed by atoms with Gasteiger partial charge in [0.25, 0.3) is 15.9 Å². The first-order valence-electron chi connectivity index (χ1n) is 17.2. The minimum atomic E-state index is -4.23. The topological polar surface area (TPSA) is 158 Å². The molecule has 2 fully saturated rings. The first-order chi connectivity index (χ1) is 23.6. The number of nitrogens with one attached hydrogen (secondary N) is 2. The first kappa shape index (κ1) is 37.3. The number of rotatable bonds is 13. The van der Waals surface area contributed by atoms with Gasteiger partial charge in [-0.3, -0.25) is 4.79 Å². The molecule has 272 valence electrons. The fourth-order valence-electron chi connectivity index (χ4n) is 6.49.